The van der Waals surface area contributed by atoms with Gasteiger partial charge in [-0.3, -0.25) is 30.5 Å². The number of ether oxygens (including phenoxy) is 3. The van der Waals surface area contributed by atoms with E-state index in [1.807, 2.05) is 48.5 Å². The Balaban J connectivity index is 1.39. The van der Waals surface area contributed by atoms with Gasteiger partial charge in [-0.15, -0.1) is 15.0 Å². The number of rotatable bonds is 22. The summed E-state index contributed by atoms with van der Waals surface area (Å²) < 4.78 is 17.3. The second-order valence-corrected chi connectivity index (χ2v) is 11.5. The van der Waals surface area contributed by atoms with Gasteiger partial charge in [-0.05, 0) is 54.0 Å². The molecule has 2 aromatic heterocycles. The van der Waals surface area contributed by atoms with E-state index in [1.165, 1.54) is 0 Å². The Morgan fingerprint density at radius 1 is 0.808 bits per heavy atom. The summed E-state index contributed by atoms with van der Waals surface area (Å²) in [5.74, 6) is 0.372. The quantitative estimate of drug-likeness (QED) is 0.0465. The smallest absolute Gasteiger partial charge is 0.461 e. The van der Waals surface area contributed by atoms with E-state index in [9.17, 15) is 9.59 Å². The predicted octanol–water partition coefficient (Wildman–Crippen LogP) is 5.10. The SMILES string of the molecule is CCCCc1nc(Cl)c(C(=O)OCCCCON(O)O)n1Cc1ccc(-c2ccccc2-c2nnn(COC(=O)OCCCCON(O)O)n2)cc1. The van der Waals surface area contributed by atoms with Crippen molar-refractivity contribution in [3.63, 3.8) is 0 Å². The summed E-state index contributed by atoms with van der Waals surface area (Å²) >= 11 is 6.47. The van der Waals surface area contributed by atoms with Crippen LogP contribution >= 0.6 is 11.6 Å². The van der Waals surface area contributed by atoms with Gasteiger partial charge in [0.1, 0.15) is 5.82 Å². The van der Waals surface area contributed by atoms with E-state index in [-0.39, 0.29) is 54.8 Å². The molecule has 0 unspecified atom stereocenters. The lowest BCUT2D eigenvalue weighted by molar-refractivity contribution is -0.492. The molecule has 2 aromatic carbocycles. The van der Waals surface area contributed by atoms with Gasteiger partial charge in [0.2, 0.25) is 12.6 Å². The normalized spacial score (nSPS) is 11.4. The van der Waals surface area contributed by atoms with Crippen LogP contribution in [0, 0.1) is 0 Å². The third kappa shape index (κ3) is 12.6. The fourth-order valence-corrected chi connectivity index (χ4v) is 5.18. The van der Waals surface area contributed by atoms with E-state index in [2.05, 4.69) is 37.0 Å². The minimum atomic E-state index is -0.924. The summed E-state index contributed by atoms with van der Waals surface area (Å²) in [6.45, 7) is 2.25. The fraction of sp³-hybridized carbons (Fsp3) is 0.438. The molecule has 0 radical (unpaired) electrons. The molecular weight excluding hydrogens is 708 g/mol. The molecule has 0 fully saturated rings. The number of nitrogens with zero attached hydrogens (tertiary/aromatic N) is 8. The Bertz CT molecular complexity index is 1700. The minimum absolute atomic E-state index is 0.0299. The van der Waals surface area contributed by atoms with Crippen LogP contribution in [-0.2, 0) is 43.6 Å². The van der Waals surface area contributed by atoms with Gasteiger partial charge < -0.3 is 18.8 Å². The van der Waals surface area contributed by atoms with Crippen molar-refractivity contribution in [3.8, 4) is 22.5 Å². The molecule has 282 valence electrons. The molecule has 4 N–H and O–H groups in total. The van der Waals surface area contributed by atoms with Gasteiger partial charge in [0.25, 0.3) is 0 Å². The Morgan fingerprint density at radius 2 is 1.44 bits per heavy atom. The molecular formula is C32H41ClN8O11. The monoisotopic (exact) mass is 748 g/mol. The Morgan fingerprint density at radius 3 is 2.10 bits per heavy atom. The van der Waals surface area contributed by atoms with Crippen molar-refractivity contribution >= 4 is 23.7 Å². The van der Waals surface area contributed by atoms with Crippen LogP contribution in [0.2, 0.25) is 5.15 Å². The molecule has 0 bridgehead atoms. The molecule has 19 nitrogen and oxygen atoms in total. The van der Waals surface area contributed by atoms with Gasteiger partial charge in [-0.25, -0.2) is 14.6 Å². The summed E-state index contributed by atoms with van der Waals surface area (Å²) in [4.78, 5) is 39.6. The highest BCUT2D eigenvalue weighted by Gasteiger charge is 2.24. The molecule has 20 heteroatoms. The highest BCUT2D eigenvalue weighted by molar-refractivity contribution is 6.32. The lowest BCUT2D eigenvalue weighted by Crippen LogP contribution is -2.17. The lowest BCUT2D eigenvalue weighted by Gasteiger charge is -2.13. The van der Waals surface area contributed by atoms with Crippen molar-refractivity contribution in [2.24, 2.45) is 0 Å². The van der Waals surface area contributed by atoms with Crippen LogP contribution in [0.25, 0.3) is 22.5 Å². The zero-order chi connectivity index (χ0) is 37.3. The van der Waals surface area contributed by atoms with Crippen LogP contribution in [0.1, 0.15) is 67.3 Å². The van der Waals surface area contributed by atoms with Crippen molar-refractivity contribution < 1.29 is 54.3 Å². The van der Waals surface area contributed by atoms with Gasteiger partial charge in [0.15, 0.2) is 10.8 Å². The number of halogens is 1. The van der Waals surface area contributed by atoms with Crippen LogP contribution in [-0.4, -0.2) is 99.9 Å². The van der Waals surface area contributed by atoms with E-state index in [4.69, 9.17) is 46.6 Å². The van der Waals surface area contributed by atoms with Gasteiger partial charge in [0.05, 0.1) is 37.2 Å². The third-order valence-electron chi connectivity index (χ3n) is 7.42. The van der Waals surface area contributed by atoms with E-state index in [0.29, 0.717) is 55.9 Å². The Labute approximate surface area is 303 Å². The van der Waals surface area contributed by atoms with Crippen LogP contribution in [0.5, 0.6) is 0 Å². The first kappa shape index (κ1) is 40.2. The first-order chi connectivity index (χ1) is 25.2. The third-order valence-corrected chi connectivity index (χ3v) is 7.68. The van der Waals surface area contributed by atoms with E-state index < -0.39 is 12.1 Å². The summed E-state index contributed by atoms with van der Waals surface area (Å²) in [5, 5.41) is 46.0. The van der Waals surface area contributed by atoms with Crippen molar-refractivity contribution in [2.75, 3.05) is 26.4 Å². The fourth-order valence-electron chi connectivity index (χ4n) is 4.91. The molecule has 4 aromatic rings. The maximum absolute atomic E-state index is 13.1. The first-order valence-corrected chi connectivity index (χ1v) is 16.8. The number of unbranched alkanes of at least 4 members (excludes halogenated alkanes) is 3. The van der Waals surface area contributed by atoms with Crippen molar-refractivity contribution in [2.45, 2.75) is 65.1 Å². The van der Waals surface area contributed by atoms with Crippen LogP contribution in [0.3, 0.4) is 0 Å². The summed E-state index contributed by atoms with van der Waals surface area (Å²) in [5.41, 5.74) is 3.44. The number of aryl methyl sites for hydroxylation is 1. The number of tetrazole rings is 1. The molecule has 0 saturated carbocycles. The molecule has 4 rings (SSSR count). The summed E-state index contributed by atoms with van der Waals surface area (Å²) in [6, 6.07) is 15.3. The highest BCUT2D eigenvalue weighted by atomic mass is 35.5. The highest BCUT2D eigenvalue weighted by Crippen LogP contribution is 2.30. The molecule has 0 aliphatic carbocycles. The Kier molecular flexibility index (Phi) is 16.3. The second kappa shape index (κ2) is 21.1. The number of hydrogen-bond donors (Lipinski definition) is 4. The molecule has 0 aliphatic heterocycles. The lowest BCUT2D eigenvalue weighted by atomic mass is 9.98. The number of esters is 1. The van der Waals surface area contributed by atoms with Crippen LogP contribution in [0.4, 0.5) is 4.79 Å². The molecule has 2 heterocycles. The number of aromatic nitrogens is 6. The van der Waals surface area contributed by atoms with E-state index in [1.54, 1.807) is 4.57 Å². The topological polar surface area (TPSA) is 229 Å². The number of imidazole rings is 1. The number of carbonyl (C=O) groups excluding carboxylic acids is 2. The Hall–Kier alpha value is -4.57. The van der Waals surface area contributed by atoms with Crippen LogP contribution in [0.15, 0.2) is 48.5 Å². The molecule has 0 saturated heterocycles. The number of carbonyl (C=O) groups is 2. The molecule has 0 atom stereocenters. The van der Waals surface area contributed by atoms with E-state index in [0.717, 1.165) is 34.3 Å². The average Bonchev–Trinajstić information content (AvgIpc) is 3.73. The zero-order valence-corrected chi connectivity index (χ0v) is 29.2. The maximum Gasteiger partial charge on any atom is 0.510 e. The van der Waals surface area contributed by atoms with E-state index >= 15 is 0 Å². The maximum atomic E-state index is 13.1. The van der Waals surface area contributed by atoms with Crippen molar-refractivity contribution in [3.05, 3.63) is 70.8 Å². The first-order valence-electron chi connectivity index (χ1n) is 16.5. The number of hydrogen-bond acceptors (Lipinski definition) is 17. The molecule has 0 aliphatic rings. The van der Waals surface area contributed by atoms with Gasteiger partial charge in [-0.2, -0.15) is 0 Å². The standard InChI is InChI=1S/C32H41ClN8O11/c1-2-3-12-27-34-29(33)28(31(42)48-17-6-8-19-51-40(44)45)38(27)21-23-13-15-24(16-14-23)25-10-4-5-11-26(25)30-35-37-39(36-30)22-50-32(43)49-18-7-9-20-52-41(46)47/h4-5,10-11,13-16,44-47H,2-3,6-9,12,17-22H2,1H3. The summed E-state index contributed by atoms with van der Waals surface area (Å²) in [7, 11) is 0. The predicted molar refractivity (Wildman–Crippen MR) is 178 cm³/mol. The molecule has 52 heavy (non-hydrogen) atoms. The van der Waals surface area contributed by atoms with Crippen molar-refractivity contribution in [1.82, 2.24) is 40.5 Å². The van der Waals surface area contributed by atoms with Crippen LogP contribution < -0.4 is 0 Å². The average molecular weight is 749 g/mol. The second-order valence-electron chi connectivity index (χ2n) is 11.2. The minimum Gasteiger partial charge on any atom is -0.461 e. The van der Waals surface area contributed by atoms with Gasteiger partial charge in [-0.1, -0.05) is 73.5 Å². The summed E-state index contributed by atoms with van der Waals surface area (Å²) in [6.07, 6.45) is 3.17. The van der Waals surface area contributed by atoms with Gasteiger partial charge >= 0.3 is 12.1 Å². The zero-order valence-electron chi connectivity index (χ0n) is 28.4. The van der Waals surface area contributed by atoms with Crippen molar-refractivity contribution in [1.29, 1.82) is 0 Å². The van der Waals surface area contributed by atoms with Gasteiger partial charge in [0, 0.05) is 18.5 Å². The number of benzene rings is 2. The molecule has 0 spiro atoms. The largest absolute Gasteiger partial charge is 0.510 e. The molecule has 0 amide bonds.